The second-order valence-corrected chi connectivity index (χ2v) is 6.70. The summed E-state index contributed by atoms with van der Waals surface area (Å²) in [6.07, 6.45) is 8.23. The number of pyridine rings is 1. The van der Waals surface area contributed by atoms with Crippen molar-refractivity contribution in [3.63, 3.8) is 0 Å². The highest BCUT2D eigenvalue weighted by atomic mass is 35.5. The molecule has 1 aliphatic heterocycles. The molecule has 1 aromatic carbocycles. The van der Waals surface area contributed by atoms with E-state index in [0.717, 1.165) is 18.8 Å². The van der Waals surface area contributed by atoms with E-state index in [2.05, 4.69) is 15.2 Å². The van der Waals surface area contributed by atoms with Crippen molar-refractivity contribution >= 4 is 40.5 Å². The van der Waals surface area contributed by atoms with Gasteiger partial charge in [0.2, 0.25) is 0 Å². The Morgan fingerprint density at radius 2 is 1.71 bits per heavy atom. The normalized spacial score (nSPS) is 15.0. The van der Waals surface area contributed by atoms with E-state index in [4.69, 9.17) is 23.2 Å². The Morgan fingerprint density at radius 3 is 2.38 bits per heavy atom. The summed E-state index contributed by atoms with van der Waals surface area (Å²) in [5.41, 5.74) is 1.90. The van der Waals surface area contributed by atoms with Crippen molar-refractivity contribution in [2.24, 2.45) is 0 Å². The van der Waals surface area contributed by atoms with Gasteiger partial charge < -0.3 is 10.2 Å². The molecule has 0 unspecified atom stereocenters. The standard InChI is InChI=1S/C18H19Cl2N3O/c19-15-6-5-7-16(20)17(15)22-18(24)13-10-14(12-21-11-13)23-8-3-1-2-4-9-23/h5-7,10-12H,1-4,8-9H2,(H,22,24). The molecule has 1 aliphatic rings. The summed E-state index contributed by atoms with van der Waals surface area (Å²) < 4.78 is 0. The van der Waals surface area contributed by atoms with Gasteiger partial charge in [0.25, 0.3) is 5.91 Å². The van der Waals surface area contributed by atoms with Gasteiger partial charge in [-0.1, -0.05) is 42.1 Å². The zero-order valence-electron chi connectivity index (χ0n) is 13.3. The topological polar surface area (TPSA) is 45.2 Å². The maximum absolute atomic E-state index is 12.5. The number of para-hydroxylation sites is 1. The Bertz CT molecular complexity index is 708. The average Bonchev–Trinajstić information content (AvgIpc) is 2.87. The summed E-state index contributed by atoms with van der Waals surface area (Å²) in [7, 11) is 0. The first-order valence-corrected chi connectivity index (χ1v) is 8.86. The summed E-state index contributed by atoms with van der Waals surface area (Å²) in [5, 5.41) is 3.60. The number of benzene rings is 1. The molecule has 1 saturated heterocycles. The lowest BCUT2D eigenvalue weighted by Crippen LogP contribution is -2.24. The van der Waals surface area contributed by atoms with Gasteiger partial charge in [0.15, 0.2) is 0 Å². The Kier molecular flexibility index (Phi) is 5.59. The summed E-state index contributed by atoms with van der Waals surface area (Å²) in [4.78, 5) is 19.1. The number of aromatic nitrogens is 1. The van der Waals surface area contributed by atoms with Crippen LogP contribution in [0.15, 0.2) is 36.7 Å². The number of hydrogen-bond donors (Lipinski definition) is 1. The van der Waals surface area contributed by atoms with Gasteiger partial charge in [0.1, 0.15) is 0 Å². The molecule has 0 saturated carbocycles. The number of carbonyl (C=O) groups excluding carboxylic acids is 1. The fourth-order valence-corrected chi connectivity index (χ4v) is 3.35. The number of amides is 1. The van der Waals surface area contributed by atoms with Crippen LogP contribution in [0.25, 0.3) is 0 Å². The molecule has 0 spiro atoms. The van der Waals surface area contributed by atoms with E-state index < -0.39 is 0 Å². The van der Waals surface area contributed by atoms with E-state index >= 15 is 0 Å². The van der Waals surface area contributed by atoms with Crippen LogP contribution in [0, 0.1) is 0 Å². The first kappa shape index (κ1) is 17.1. The molecule has 2 heterocycles. The van der Waals surface area contributed by atoms with Crippen molar-refractivity contribution in [1.82, 2.24) is 4.98 Å². The van der Waals surface area contributed by atoms with E-state index in [9.17, 15) is 4.79 Å². The van der Waals surface area contributed by atoms with E-state index in [0.29, 0.717) is 21.3 Å². The predicted molar refractivity (Wildman–Crippen MR) is 99.3 cm³/mol. The van der Waals surface area contributed by atoms with Crippen LogP contribution in [-0.4, -0.2) is 24.0 Å². The van der Waals surface area contributed by atoms with Crippen LogP contribution in [0.3, 0.4) is 0 Å². The molecule has 1 N–H and O–H groups in total. The third kappa shape index (κ3) is 4.00. The van der Waals surface area contributed by atoms with Gasteiger partial charge in [0, 0.05) is 19.3 Å². The van der Waals surface area contributed by atoms with Gasteiger partial charge in [-0.2, -0.15) is 0 Å². The number of anilines is 2. The number of rotatable bonds is 3. The summed E-state index contributed by atoms with van der Waals surface area (Å²) >= 11 is 12.2. The molecule has 6 heteroatoms. The third-order valence-electron chi connectivity index (χ3n) is 4.16. The number of nitrogens with zero attached hydrogens (tertiary/aromatic N) is 2. The van der Waals surface area contributed by atoms with Crippen molar-refractivity contribution in [2.45, 2.75) is 25.7 Å². The fraction of sp³-hybridized carbons (Fsp3) is 0.333. The molecule has 1 aromatic heterocycles. The fourth-order valence-electron chi connectivity index (χ4n) is 2.86. The van der Waals surface area contributed by atoms with Gasteiger partial charge in [-0.15, -0.1) is 0 Å². The Morgan fingerprint density at radius 1 is 1.04 bits per heavy atom. The maximum atomic E-state index is 12.5. The molecule has 0 atom stereocenters. The Hall–Kier alpha value is -1.78. The van der Waals surface area contributed by atoms with Gasteiger partial charge in [-0.3, -0.25) is 9.78 Å². The van der Waals surface area contributed by atoms with Gasteiger partial charge >= 0.3 is 0 Å². The van der Waals surface area contributed by atoms with E-state index in [-0.39, 0.29) is 5.91 Å². The minimum absolute atomic E-state index is 0.269. The molecule has 24 heavy (non-hydrogen) atoms. The molecule has 0 radical (unpaired) electrons. The van der Waals surface area contributed by atoms with Crippen LogP contribution in [0.2, 0.25) is 10.0 Å². The van der Waals surface area contributed by atoms with Crippen LogP contribution < -0.4 is 10.2 Å². The van der Waals surface area contributed by atoms with E-state index in [1.54, 1.807) is 24.4 Å². The monoisotopic (exact) mass is 363 g/mol. The second kappa shape index (κ2) is 7.86. The van der Waals surface area contributed by atoms with E-state index in [1.807, 2.05) is 12.3 Å². The molecule has 1 fully saturated rings. The van der Waals surface area contributed by atoms with Crippen LogP contribution >= 0.6 is 23.2 Å². The molecular weight excluding hydrogens is 345 g/mol. The molecule has 2 aromatic rings. The van der Waals surface area contributed by atoms with Crippen molar-refractivity contribution in [3.05, 3.63) is 52.3 Å². The van der Waals surface area contributed by atoms with Gasteiger partial charge in [0.05, 0.1) is 33.2 Å². The van der Waals surface area contributed by atoms with Crippen molar-refractivity contribution in [3.8, 4) is 0 Å². The van der Waals surface area contributed by atoms with Gasteiger partial charge in [-0.05, 0) is 31.0 Å². The van der Waals surface area contributed by atoms with E-state index in [1.165, 1.54) is 25.7 Å². The minimum atomic E-state index is -0.269. The zero-order valence-corrected chi connectivity index (χ0v) is 14.8. The number of hydrogen-bond acceptors (Lipinski definition) is 3. The Labute approximate surface area is 151 Å². The predicted octanol–water partition coefficient (Wildman–Crippen LogP) is 5.02. The maximum Gasteiger partial charge on any atom is 0.257 e. The third-order valence-corrected chi connectivity index (χ3v) is 4.79. The Balaban J connectivity index is 1.79. The van der Waals surface area contributed by atoms with Crippen LogP contribution in [0.4, 0.5) is 11.4 Å². The minimum Gasteiger partial charge on any atom is -0.370 e. The quantitative estimate of drug-likeness (QED) is 0.832. The molecule has 1 amide bonds. The summed E-state index contributed by atoms with van der Waals surface area (Å²) in [6, 6.07) is 6.99. The number of carbonyl (C=O) groups is 1. The molecule has 0 aliphatic carbocycles. The summed E-state index contributed by atoms with van der Waals surface area (Å²) in [5.74, 6) is -0.269. The van der Waals surface area contributed by atoms with Crippen LogP contribution in [-0.2, 0) is 0 Å². The highest BCUT2D eigenvalue weighted by Gasteiger charge is 2.15. The first-order valence-electron chi connectivity index (χ1n) is 8.10. The zero-order chi connectivity index (χ0) is 16.9. The van der Waals surface area contributed by atoms with Crippen LogP contribution in [0.5, 0.6) is 0 Å². The van der Waals surface area contributed by atoms with Gasteiger partial charge in [-0.25, -0.2) is 0 Å². The molecular formula is C18H19Cl2N3O. The smallest absolute Gasteiger partial charge is 0.257 e. The van der Waals surface area contributed by atoms with Crippen molar-refractivity contribution in [1.29, 1.82) is 0 Å². The lowest BCUT2D eigenvalue weighted by Gasteiger charge is -2.22. The van der Waals surface area contributed by atoms with Crippen molar-refractivity contribution in [2.75, 3.05) is 23.3 Å². The lowest BCUT2D eigenvalue weighted by molar-refractivity contribution is 0.102. The molecule has 0 bridgehead atoms. The lowest BCUT2D eigenvalue weighted by atomic mass is 10.2. The average molecular weight is 364 g/mol. The first-order chi connectivity index (χ1) is 11.6. The highest BCUT2D eigenvalue weighted by Crippen LogP contribution is 2.30. The largest absolute Gasteiger partial charge is 0.370 e. The summed E-state index contributed by atoms with van der Waals surface area (Å²) in [6.45, 7) is 2.01. The van der Waals surface area contributed by atoms with Crippen LogP contribution in [0.1, 0.15) is 36.0 Å². The molecule has 3 rings (SSSR count). The molecule has 126 valence electrons. The highest BCUT2D eigenvalue weighted by molar-refractivity contribution is 6.40. The second-order valence-electron chi connectivity index (χ2n) is 5.88. The molecule has 4 nitrogen and oxygen atoms in total. The number of nitrogens with one attached hydrogen (secondary N) is 1. The van der Waals surface area contributed by atoms with Crippen molar-refractivity contribution < 1.29 is 4.79 Å². The number of halogens is 2. The SMILES string of the molecule is O=C(Nc1c(Cl)cccc1Cl)c1cncc(N2CCCCCC2)c1.